The summed E-state index contributed by atoms with van der Waals surface area (Å²) in [6.07, 6.45) is 10.0. The summed E-state index contributed by atoms with van der Waals surface area (Å²) >= 11 is 0. The van der Waals surface area contributed by atoms with Crippen LogP contribution >= 0.6 is 0 Å². The van der Waals surface area contributed by atoms with Crippen LogP contribution in [0.25, 0.3) is 0 Å². The van der Waals surface area contributed by atoms with Gasteiger partial charge in [-0.05, 0) is 25.8 Å². The molecule has 0 aliphatic carbocycles. The van der Waals surface area contributed by atoms with Crippen LogP contribution < -0.4 is 5.73 Å². The van der Waals surface area contributed by atoms with Crippen molar-refractivity contribution in [3.8, 4) is 12.3 Å². The number of nitrogens with two attached hydrogens (primary N) is 1. The highest BCUT2D eigenvalue weighted by Gasteiger charge is 2.38. The molecular weight excluding hydrogens is 150 g/mol. The van der Waals surface area contributed by atoms with E-state index in [1.807, 2.05) is 0 Å². The van der Waals surface area contributed by atoms with Crippen molar-refractivity contribution in [3.05, 3.63) is 0 Å². The summed E-state index contributed by atoms with van der Waals surface area (Å²) in [5, 5.41) is 8.06. The van der Waals surface area contributed by atoms with Crippen LogP contribution in [0, 0.1) is 12.3 Å². The van der Waals surface area contributed by atoms with E-state index in [1.165, 1.54) is 0 Å². The first-order valence-corrected chi connectivity index (χ1v) is 4.40. The average molecular weight is 165 g/mol. The molecule has 2 N–H and O–H groups in total. The van der Waals surface area contributed by atoms with E-state index in [1.54, 1.807) is 0 Å². The zero-order valence-electron chi connectivity index (χ0n) is 7.29. The molecule has 0 bridgehead atoms. The molecule has 0 saturated heterocycles. The van der Waals surface area contributed by atoms with Crippen LogP contribution in [0.2, 0.25) is 0 Å². The highest BCUT2D eigenvalue weighted by Crippen LogP contribution is 2.37. The first-order chi connectivity index (χ1) is 5.83. The van der Waals surface area contributed by atoms with Gasteiger partial charge in [0.05, 0.1) is 0 Å². The molecule has 1 heterocycles. The molecule has 0 aromatic carbocycles. The van der Waals surface area contributed by atoms with Gasteiger partial charge in [0, 0.05) is 12.8 Å². The largest absolute Gasteiger partial charge is 0.330 e. The first-order valence-electron chi connectivity index (χ1n) is 4.40. The number of unbranched alkanes of at least 4 members (excludes halogenated alkanes) is 1. The third-order valence-corrected chi connectivity index (χ3v) is 2.08. The summed E-state index contributed by atoms with van der Waals surface area (Å²) in [6.45, 7) is 0.755. The monoisotopic (exact) mass is 165 g/mol. The maximum Gasteiger partial charge on any atom is 0.191 e. The SMILES string of the molecule is C#CCCC1(CCCCN)N=N1. The summed E-state index contributed by atoms with van der Waals surface area (Å²) in [6, 6.07) is 0. The Balaban J connectivity index is 2.09. The number of terminal acetylenes is 1. The molecule has 12 heavy (non-hydrogen) atoms. The molecule has 1 aliphatic rings. The predicted octanol–water partition coefficient (Wildman–Crippen LogP) is 1.69. The molecule has 0 radical (unpaired) electrons. The molecule has 0 atom stereocenters. The van der Waals surface area contributed by atoms with Gasteiger partial charge in [0.1, 0.15) is 0 Å². The molecule has 0 saturated carbocycles. The van der Waals surface area contributed by atoms with E-state index in [4.69, 9.17) is 12.2 Å². The van der Waals surface area contributed by atoms with Crippen LogP contribution in [-0.2, 0) is 0 Å². The van der Waals surface area contributed by atoms with Gasteiger partial charge in [0.2, 0.25) is 0 Å². The first kappa shape index (κ1) is 9.21. The highest BCUT2D eigenvalue weighted by molar-refractivity contribution is 4.97. The Kier molecular flexibility index (Phi) is 3.24. The maximum absolute atomic E-state index is 5.38. The van der Waals surface area contributed by atoms with Crippen molar-refractivity contribution in [3.63, 3.8) is 0 Å². The van der Waals surface area contributed by atoms with Gasteiger partial charge >= 0.3 is 0 Å². The van der Waals surface area contributed by atoms with Crippen molar-refractivity contribution in [2.75, 3.05) is 6.54 Å². The fraction of sp³-hybridized carbons (Fsp3) is 0.778. The number of nitrogens with zero attached hydrogens (tertiary/aromatic N) is 2. The zero-order chi connectivity index (χ0) is 8.86. The third kappa shape index (κ3) is 2.63. The van der Waals surface area contributed by atoms with Crippen LogP contribution in [0.5, 0.6) is 0 Å². The minimum atomic E-state index is -0.0957. The van der Waals surface area contributed by atoms with Gasteiger partial charge in [0.15, 0.2) is 5.66 Å². The smallest absolute Gasteiger partial charge is 0.191 e. The fourth-order valence-electron chi connectivity index (χ4n) is 1.22. The van der Waals surface area contributed by atoms with Crippen molar-refractivity contribution in [2.45, 2.75) is 37.8 Å². The van der Waals surface area contributed by atoms with E-state index < -0.39 is 0 Å². The van der Waals surface area contributed by atoms with Crippen molar-refractivity contribution >= 4 is 0 Å². The van der Waals surface area contributed by atoms with E-state index in [9.17, 15) is 0 Å². The number of rotatable bonds is 6. The molecule has 1 aliphatic heterocycles. The Bertz CT molecular complexity index is 196. The second-order valence-corrected chi connectivity index (χ2v) is 3.13. The Labute approximate surface area is 73.4 Å². The van der Waals surface area contributed by atoms with E-state index >= 15 is 0 Å². The summed E-state index contributed by atoms with van der Waals surface area (Å²) in [4.78, 5) is 0. The van der Waals surface area contributed by atoms with Crippen molar-refractivity contribution in [1.29, 1.82) is 0 Å². The van der Waals surface area contributed by atoms with Crippen LogP contribution in [0.3, 0.4) is 0 Å². The quantitative estimate of drug-likeness (QED) is 0.472. The van der Waals surface area contributed by atoms with Gasteiger partial charge in [-0.1, -0.05) is 0 Å². The predicted molar refractivity (Wildman–Crippen MR) is 48.6 cm³/mol. The number of hydrogen-bond donors (Lipinski definition) is 1. The summed E-state index contributed by atoms with van der Waals surface area (Å²) in [5.41, 5.74) is 5.29. The standard InChI is InChI=1S/C9H15N3/c1-2-3-6-9(11-12-9)7-4-5-8-10/h1H,3-8,10H2. The second-order valence-electron chi connectivity index (χ2n) is 3.13. The maximum atomic E-state index is 5.38. The lowest BCUT2D eigenvalue weighted by Gasteiger charge is -2.06. The minimum Gasteiger partial charge on any atom is -0.330 e. The molecular formula is C9H15N3. The molecule has 66 valence electrons. The van der Waals surface area contributed by atoms with Crippen molar-refractivity contribution in [2.24, 2.45) is 16.0 Å². The normalized spacial score (nSPS) is 17.3. The Hall–Kier alpha value is -0.880. The molecule has 0 aromatic heterocycles. The van der Waals surface area contributed by atoms with Gasteiger partial charge in [0.25, 0.3) is 0 Å². The third-order valence-electron chi connectivity index (χ3n) is 2.08. The minimum absolute atomic E-state index is 0.0957. The molecule has 0 spiro atoms. The lowest BCUT2D eigenvalue weighted by Crippen LogP contribution is -2.11. The topological polar surface area (TPSA) is 50.7 Å². The van der Waals surface area contributed by atoms with E-state index in [2.05, 4.69) is 16.1 Å². The molecule has 0 unspecified atom stereocenters. The van der Waals surface area contributed by atoms with Gasteiger partial charge < -0.3 is 5.73 Å². The highest BCUT2D eigenvalue weighted by atomic mass is 15.4. The average Bonchev–Trinajstić information content (AvgIpc) is 2.83. The second kappa shape index (κ2) is 4.22. The zero-order valence-corrected chi connectivity index (χ0v) is 7.29. The summed E-state index contributed by atoms with van der Waals surface area (Å²) in [5.74, 6) is 2.61. The van der Waals surface area contributed by atoms with Crippen LogP contribution in [0.15, 0.2) is 10.2 Å². The van der Waals surface area contributed by atoms with E-state index in [-0.39, 0.29) is 5.66 Å². The summed E-state index contributed by atoms with van der Waals surface area (Å²) in [7, 11) is 0. The van der Waals surface area contributed by atoms with Gasteiger partial charge in [-0.25, -0.2) is 0 Å². The lowest BCUT2D eigenvalue weighted by molar-refractivity contribution is 0.486. The Morgan fingerprint density at radius 3 is 2.50 bits per heavy atom. The summed E-state index contributed by atoms with van der Waals surface area (Å²) < 4.78 is 0. The van der Waals surface area contributed by atoms with Crippen molar-refractivity contribution in [1.82, 2.24) is 0 Å². The van der Waals surface area contributed by atoms with Crippen LogP contribution in [0.1, 0.15) is 32.1 Å². The van der Waals surface area contributed by atoms with Gasteiger partial charge in [-0.15, -0.1) is 12.3 Å². The molecule has 1 rings (SSSR count). The van der Waals surface area contributed by atoms with E-state index in [0.717, 1.165) is 38.6 Å². The Morgan fingerprint density at radius 2 is 2.00 bits per heavy atom. The fourth-order valence-corrected chi connectivity index (χ4v) is 1.22. The van der Waals surface area contributed by atoms with Gasteiger partial charge in [-0.3, -0.25) is 0 Å². The Morgan fingerprint density at radius 1 is 1.25 bits per heavy atom. The molecule has 0 aromatic rings. The van der Waals surface area contributed by atoms with Crippen LogP contribution in [-0.4, -0.2) is 12.2 Å². The molecule has 3 nitrogen and oxygen atoms in total. The molecule has 3 heteroatoms. The molecule has 0 fully saturated rings. The molecule has 0 amide bonds. The van der Waals surface area contributed by atoms with Gasteiger partial charge in [-0.2, -0.15) is 10.2 Å². The lowest BCUT2D eigenvalue weighted by atomic mass is 10.0. The van der Waals surface area contributed by atoms with Crippen LogP contribution in [0.4, 0.5) is 0 Å². The van der Waals surface area contributed by atoms with Crippen molar-refractivity contribution < 1.29 is 0 Å². The van der Waals surface area contributed by atoms with E-state index in [0.29, 0.717) is 0 Å². The number of hydrogen-bond acceptors (Lipinski definition) is 3.